The first-order valence-electron chi connectivity index (χ1n) is 22.6. The topological polar surface area (TPSA) is 3.24 Å². The van der Waals surface area contributed by atoms with Gasteiger partial charge in [-0.2, -0.15) is 0 Å². The Bertz CT molecular complexity index is 3760. The third kappa shape index (κ3) is 5.98. The molecule has 1 aliphatic carbocycles. The highest BCUT2D eigenvalue weighted by Gasteiger charge is 2.45. The molecule has 1 unspecified atom stereocenters. The highest BCUT2D eigenvalue weighted by Crippen LogP contribution is 2.56. The molecule has 0 saturated heterocycles. The fourth-order valence-electron chi connectivity index (χ4n) is 11.0. The summed E-state index contributed by atoms with van der Waals surface area (Å²) < 4.78 is 2.68. The molecule has 1 aliphatic heterocycles. The van der Waals surface area contributed by atoms with E-state index in [9.17, 15) is 0 Å². The number of anilines is 2. The van der Waals surface area contributed by atoms with Crippen molar-refractivity contribution in [2.45, 2.75) is 18.9 Å². The van der Waals surface area contributed by atoms with Crippen molar-refractivity contribution in [1.29, 1.82) is 0 Å². The van der Waals surface area contributed by atoms with Crippen LogP contribution >= 0.6 is 11.3 Å². The van der Waals surface area contributed by atoms with Gasteiger partial charge in [0, 0.05) is 37.1 Å². The van der Waals surface area contributed by atoms with Crippen molar-refractivity contribution in [1.82, 2.24) is 0 Å². The van der Waals surface area contributed by atoms with Crippen LogP contribution in [0.15, 0.2) is 231 Å². The van der Waals surface area contributed by atoms with Crippen LogP contribution in [-0.4, -0.2) is 5.54 Å². The average Bonchev–Trinajstić information content (AvgIpc) is 3.88. The monoisotopic (exact) mass is 845 g/mol. The Hall–Kier alpha value is -7.78. The van der Waals surface area contributed by atoms with Crippen LogP contribution in [0, 0.1) is 0 Å². The minimum Gasteiger partial charge on any atom is -0.331 e. The molecule has 0 saturated carbocycles. The molecule has 306 valence electrons. The number of rotatable bonds is 6. The van der Waals surface area contributed by atoms with Crippen LogP contribution < -0.4 is 4.90 Å². The van der Waals surface area contributed by atoms with Gasteiger partial charge in [0.1, 0.15) is 0 Å². The third-order valence-corrected chi connectivity index (χ3v) is 15.2. The molecule has 65 heavy (non-hydrogen) atoms. The Morgan fingerprint density at radius 3 is 1.69 bits per heavy atom. The molecule has 1 atom stereocenters. The molecule has 1 nitrogen and oxygen atoms in total. The standard InChI is InChI=1S/C63H43NS/c1-63-36-13-12-30-57(63)56-39-45(49-28-16-29-54-50-25-10-11-31-59(50)65-62(49)54)32-35-58(56)64(63)48-33-34-53-55(40-48)61(47-24-15-22-44(38-47)42-19-6-3-7-20-42)52-27-9-8-26-51(52)60(53)46-23-14-21-43(37-46)41-17-4-2-5-18-41/h2-35,37-40H,36H2,1H3. The highest BCUT2D eigenvalue weighted by atomic mass is 32.1. The molecule has 2 heterocycles. The first-order valence-corrected chi connectivity index (χ1v) is 23.5. The Labute approximate surface area is 383 Å². The summed E-state index contributed by atoms with van der Waals surface area (Å²) in [5, 5.41) is 7.64. The largest absolute Gasteiger partial charge is 0.331 e. The smallest absolute Gasteiger partial charge is 0.0715 e. The zero-order valence-corrected chi connectivity index (χ0v) is 36.8. The van der Waals surface area contributed by atoms with Crippen LogP contribution in [0.2, 0.25) is 0 Å². The summed E-state index contributed by atoms with van der Waals surface area (Å²) in [5.41, 5.74) is 17.2. The van der Waals surface area contributed by atoms with Crippen LogP contribution in [0.5, 0.6) is 0 Å². The van der Waals surface area contributed by atoms with Gasteiger partial charge in [0.2, 0.25) is 0 Å². The van der Waals surface area contributed by atoms with Crippen LogP contribution in [0.3, 0.4) is 0 Å². The lowest BCUT2D eigenvalue weighted by molar-refractivity contribution is 0.607. The van der Waals surface area contributed by atoms with Crippen molar-refractivity contribution < 1.29 is 0 Å². The lowest BCUT2D eigenvalue weighted by Gasteiger charge is -2.39. The number of allylic oxidation sites excluding steroid dienone is 2. The van der Waals surface area contributed by atoms with E-state index in [4.69, 9.17) is 0 Å². The number of nitrogens with zero attached hydrogens (tertiary/aromatic N) is 1. The van der Waals surface area contributed by atoms with Crippen molar-refractivity contribution in [3.63, 3.8) is 0 Å². The van der Waals surface area contributed by atoms with Crippen LogP contribution in [0.1, 0.15) is 18.9 Å². The van der Waals surface area contributed by atoms with Crippen molar-refractivity contribution >= 4 is 70.0 Å². The quantitative estimate of drug-likeness (QED) is 0.151. The van der Waals surface area contributed by atoms with Crippen molar-refractivity contribution in [2.24, 2.45) is 0 Å². The molecule has 1 aromatic heterocycles. The van der Waals surface area contributed by atoms with Crippen molar-refractivity contribution in [3.8, 4) is 55.6 Å². The Morgan fingerprint density at radius 2 is 0.985 bits per heavy atom. The predicted molar refractivity (Wildman–Crippen MR) is 280 cm³/mol. The third-order valence-electron chi connectivity index (χ3n) is 14.0. The van der Waals surface area contributed by atoms with Gasteiger partial charge in [0.15, 0.2) is 0 Å². The maximum Gasteiger partial charge on any atom is 0.0715 e. The van der Waals surface area contributed by atoms with E-state index in [1.54, 1.807) is 0 Å². The zero-order valence-electron chi connectivity index (χ0n) is 36.0. The van der Waals surface area contributed by atoms with Gasteiger partial charge in [-0.05, 0) is 139 Å². The zero-order chi connectivity index (χ0) is 43.1. The van der Waals surface area contributed by atoms with Gasteiger partial charge in [-0.1, -0.05) is 188 Å². The van der Waals surface area contributed by atoms with E-state index in [0.29, 0.717) is 0 Å². The van der Waals surface area contributed by atoms with Gasteiger partial charge in [0.25, 0.3) is 0 Å². The molecule has 0 amide bonds. The molecule has 0 radical (unpaired) electrons. The molecular weight excluding hydrogens is 803 g/mol. The molecule has 11 aromatic rings. The van der Waals surface area contributed by atoms with E-state index in [2.05, 4.69) is 242 Å². The van der Waals surface area contributed by atoms with E-state index in [1.165, 1.54) is 120 Å². The van der Waals surface area contributed by atoms with Crippen LogP contribution in [0.25, 0.3) is 103 Å². The second-order valence-corrected chi connectivity index (χ2v) is 18.8. The van der Waals surface area contributed by atoms with E-state index in [0.717, 1.165) is 6.42 Å². The summed E-state index contributed by atoms with van der Waals surface area (Å²) >= 11 is 1.90. The van der Waals surface area contributed by atoms with Gasteiger partial charge >= 0.3 is 0 Å². The number of thiophene rings is 1. The summed E-state index contributed by atoms with van der Waals surface area (Å²) in [6, 6.07) is 78.9. The van der Waals surface area contributed by atoms with Crippen molar-refractivity contribution in [3.05, 3.63) is 236 Å². The van der Waals surface area contributed by atoms with Crippen LogP contribution in [-0.2, 0) is 0 Å². The second kappa shape index (κ2) is 14.9. The van der Waals surface area contributed by atoms with E-state index in [1.807, 2.05) is 11.3 Å². The fraction of sp³-hybridized carbons (Fsp3) is 0.0476. The highest BCUT2D eigenvalue weighted by molar-refractivity contribution is 7.26. The second-order valence-electron chi connectivity index (χ2n) is 17.8. The molecule has 13 rings (SSSR count). The molecule has 2 aliphatic rings. The Balaban J connectivity index is 1.05. The molecule has 0 bridgehead atoms. The minimum atomic E-state index is -0.274. The predicted octanol–water partition coefficient (Wildman–Crippen LogP) is 17.9. The first kappa shape index (κ1) is 37.7. The van der Waals surface area contributed by atoms with Crippen molar-refractivity contribution in [2.75, 3.05) is 4.90 Å². The average molecular weight is 846 g/mol. The van der Waals surface area contributed by atoms with Gasteiger partial charge in [-0.3, -0.25) is 0 Å². The lowest BCUT2D eigenvalue weighted by atomic mass is 9.82. The Kier molecular flexibility index (Phi) is 8.66. The van der Waals surface area contributed by atoms with Crippen LogP contribution in [0.4, 0.5) is 11.4 Å². The van der Waals surface area contributed by atoms with Gasteiger partial charge in [-0.25, -0.2) is 0 Å². The maximum atomic E-state index is 2.63. The molecule has 0 fully saturated rings. The molecule has 2 heteroatoms. The van der Waals surface area contributed by atoms with E-state index >= 15 is 0 Å². The molecular formula is C63H43NS. The van der Waals surface area contributed by atoms with Gasteiger partial charge < -0.3 is 4.90 Å². The maximum absolute atomic E-state index is 2.63. The van der Waals surface area contributed by atoms with E-state index in [-0.39, 0.29) is 5.54 Å². The fourth-order valence-corrected chi connectivity index (χ4v) is 12.3. The van der Waals surface area contributed by atoms with Gasteiger partial charge in [-0.15, -0.1) is 11.3 Å². The minimum absolute atomic E-state index is 0.274. The lowest BCUT2D eigenvalue weighted by Crippen LogP contribution is -2.40. The van der Waals surface area contributed by atoms with Gasteiger partial charge in [0.05, 0.1) is 5.54 Å². The number of benzene rings is 10. The number of hydrogen-bond donors (Lipinski definition) is 0. The first-order chi connectivity index (χ1) is 32.1. The SMILES string of the molecule is CC12CC=CC=C1c1cc(-c3cccc4c3sc3ccccc34)ccc1N2c1ccc2c(-c3cccc(-c4ccccc4)c3)c3ccccc3c(-c3cccc(-c4ccccc4)c3)c2c1. The normalized spacial score (nSPS) is 15.5. The Morgan fingerprint density at radius 1 is 0.415 bits per heavy atom. The summed E-state index contributed by atoms with van der Waals surface area (Å²) in [6.07, 6.45) is 7.87. The molecule has 0 spiro atoms. The summed E-state index contributed by atoms with van der Waals surface area (Å²) in [7, 11) is 0. The van der Waals surface area contributed by atoms with E-state index < -0.39 is 0 Å². The molecule has 0 N–H and O–H groups in total. The summed E-state index contributed by atoms with van der Waals surface area (Å²) in [6.45, 7) is 2.43. The number of fused-ring (bicyclic) bond motifs is 8. The molecule has 10 aromatic carbocycles. The number of hydrogen-bond acceptors (Lipinski definition) is 2. The summed E-state index contributed by atoms with van der Waals surface area (Å²) in [4.78, 5) is 2.63. The summed E-state index contributed by atoms with van der Waals surface area (Å²) in [5.74, 6) is 0.